The molecule has 2 rings (SSSR count). The van der Waals surface area contributed by atoms with Gasteiger partial charge in [-0.1, -0.05) is 13.3 Å². The Kier molecular flexibility index (Phi) is 4.45. The summed E-state index contributed by atoms with van der Waals surface area (Å²) in [5.41, 5.74) is 1.25. The van der Waals surface area contributed by atoms with Crippen LogP contribution in [-0.2, 0) is 17.7 Å². The Morgan fingerprint density at radius 1 is 1.65 bits per heavy atom. The quantitative estimate of drug-likeness (QED) is 0.793. The Balaban J connectivity index is 1.90. The van der Waals surface area contributed by atoms with E-state index in [0.29, 0.717) is 13.2 Å². The number of ether oxygens (including phenoxy) is 1. The number of hydrogen-bond acceptors (Lipinski definition) is 3. The lowest BCUT2D eigenvalue weighted by Gasteiger charge is -2.26. The highest BCUT2D eigenvalue weighted by Crippen LogP contribution is 2.31. The zero-order valence-corrected chi connectivity index (χ0v) is 12.3. The van der Waals surface area contributed by atoms with Crippen molar-refractivity contribution in [2.75, 3.05) is 13.2 Å². The lowest BCUT2D eigenvalue weighted by atomic mass is 10.1. The predicted octanol–water partition coefficient (Wildman–Crippen LogP) is 3.81. The topological polar surface area (TPSA) is 29.5 Å². The number of amides is 1. The molecule has 0 N–H and O–H groups in total. The first-order valence-electron chi connectivity index (χ1n) is 5.89. The molecule has 3 nitrogen and oxygen atoms in total. The number of unbranched alkanes of at least 4 members (excludes halogenated alkanes) is 1. The van der Waals surface area contributed by atoms with Crippen LogP contribution in [0.3, 0.4) is 0 Å². The van der Waals surface area contributed by atoms with Crippen molar-refractivity contribution in [2.45, 2.75) is 32.7 Å². The predicted molar refractivity (Wildman–Crippen MR) is 72.4 cm³/mol. The molecule has 1 aliphatic rings. The molecule has 0 fully saturated rings. The number of halogens is 1. The molecule has 0 aromatic carbocycles. The second-order valence-electron chi connectivity index (χ2n) is 4.14. The van der Waals surface area contributed by atoms with Crippen LogP contribution in [0.1, 0.15) is 30.2 Å². The summed E-state index contributed by atoms with van der Waals surface area (Å²) in [6, 6.07) is 2.10. The highest BCUT2D eigenvalue weighted by Gasteiger charge is 2.23. The van der Waals surface area contributed by atoms with Crippen molar-refractivity contribution in [1.29, 1.82) is 0 Å². The van der Waals surface area contributed by atoms with Gasteiger partial charge in [0.2, 0.25) is 0 Å². The van der Waals surface area contributed by atoms with Gasteiger partial charge in [-0.25, -0.2) is 4.79 Å². The first-order valence-corrected chi connectivity index (χ1v) is 7.50. The van der Waals surface area contributed by atoms with Crippen LogP contribution in [0, 0.1) is 0 Å². The normalized spacial score (nSPS) is 14.6. The van der Waals surface area contributed by atoms with Crippen molar-refractivity contribution in [3.8, 4) is 0 Å². The van der Waals surface area contributed by atoms with Crippen LogP contribution in [0.2, 0.25) is 0 Å². The van der Waals surface area contributed by atoms with Gasteiger partial charge < -0.3 is 9.64 Å². The molecule has 5 heteroatoms. The van der Waals surface area contributed by atoms with Crippen molar-refractivity contribution >= 4 is 33.4 Å². The van der Waals surface area contributed by atoms with Crippen LogP contribution in [0.25, 0.3) is 0 Å². The van der Waals surface area contributed by atoms with E-state index in [2.05, 4.69) is 28.9 Å². The van der Waals surface area contributed by atoms with Crippen molar-refractivity contribution in [1.82, 2.24) is 4.90 Å². The zero-order valence-electron chi connectivity index (χ0n) is 9.87. The Morgan fingerprint density at radius 3 is 3.24 bits per heavy atom. The Labute approximate surface area is 114 Å². The average molecular weight is 318 g/mol. The minimum absolute atomic E-state index is 0.175. The zero-order chi connectivity index (χ0) is 12.3. The number of fused-ring (bicyclic) bond motifs is 1. The summed E-state index contributed by atoms with van der Waals surface area (Å²) < 4.78 is 6.36. The molecule has 2 heterocycles. The van der Waals surface area contributed by atoms with Gasteiger partial charge in [0.15, 0.2) is 0 Å². The third-order valence-corrected chi connectivity index (χ3v) is 4.56. The minimum Gasteiger partial charge on any atom is -0.449 e. The van der Waals surface area contributed by atoms with Gasteiger partial charge in [0.05, 0.1) is 16.9 Å². The standard InChI is InChI=1S/C12H16BrNO2S/c1-2-3-6-16-12(15)14-5-4-10-9(8-14)7-11(13)17-10/h7H,2-6,8H2,1H3. The smallest absolute Gasteiger partial charge is 0.410 e. The SMILES string of the molecule is CCCCOC(=O)N1CCc2sc(Br)cc2C1. The summed E-state index contributed by atoms with van der Waals surface area (Å²) in [5.74, 6) is 0. The molecule has 0 saturated carbocycles. The van der Waals surface area contributed by atoms with E-state index in [4.69, 9.17) is 4.74 Å². The molecule has 1 aromatic heterocycles. The fraction of sp³-hybridized carbons (Fsp3) is 0.583. The lowest BCUT2D eigenvalue weighted by molar-refractivity contribution is 0.0969. The molecular weight excluding hydrogens is 302 g/mol. The summed E-state index contributed by atoms with van der Waals surface area (Å²) in [4.78, 5) is 15.0. The largest absolute Gasteiger partial charge is 0.449 e. The molecule has 1 amide bonds. The second kappa shape index (κ2) is 5.87. The van der Waals surface area contributed by atoms with Gasteiger partial charge in [-0.2, -0.15) is 0 Å². The van der Waals surface area contributed by atoms with Crippen molar-refractivity contribution < 1.29 is 9.53 Å². The van der Waals surface area contributed by atoms with Crippen molar-refractivity contribution in [3.05, 3.63) is 20.3 Å². The van der Waals surface area contributed by atoms with Crippen molar-refractivity contribution in [3.63, 3.8) is 0 Å². The molecule has 0 spiro atoms. The molecular formula is C12H16BrNO2S. The van der Waals surface area contributed by atoms with E-state index >= 15 is 0 Å². The highest BCUT2D eigenvalue weighted by atomic mass is 79.9. The summed E-state index contributed by atoms with van der Waals surface area (Å²) in [5, 5.41) is 0. The molecule has 0 aliphatic carbocycles. The minimum atomic E-state index is -0.175. The Morgan fingerprint density at radius 2 is 2.47 bits per heavy atom. The van der Waals surface area contributed by atoms with Gasteiger partial charge in [0.25, 0.3) is 0 Å². The molecule has 1 aliphatic heterocycles. The van der Waals surface area contributed by atoms with Crippen LogP contribution in [0.4, 0.5) is 4.79 Å². The van der Waals surface area contributed by atoms with E-state index < -0.39 is 0 Å². The molecule has 0 saturated heterocycles. The monoisotopic (exact) mass is 317 g/mol. The van der Waals surface area contributed by atoms with Crippen LogP contribution in [-0.4, -0.2) is 24.1 Å². The first-order chi connectivity index (χ1) is 8.20. The summed E-state index contributed by atoms with van der Waals surface area (Å²) in [6.07, 6.45) is 2.75. The Hall–Kier alpha value is -0.550. The average Bonchev–Trinajstić information content (AvgIpc) is 2.68. The maximum Gasteiger partial charge on any atom is 0.410 e. The van der Waals surface area contributed by atoms with Gasteiger partial charge >= 0.3 is 6.09 Å². The number of nitrogens with zero attached hydrogens (tertiary/aromatic N) is 1. The van der Waals surface area contributed by atoms with Gasteiger partial charge in [-0.3, -0.25) is 0 Å². The molecule has 0 atom stereocenters. The van der Waals surface area contributed by atoms with Crippen LogP contribution in [0.15, 0.2) is 9.85 Å². The van der Waals surface area contributed by atoms with Gasteiger partial charge in [-0.05, 0) is 40.4 Å². The molecule has 1 aromatic rings. The number of thiophene rings is 1. The third kappa shape index (κ3) is 3.22. The number of carbonyl (C=O) groups excluding carboxylic acids is 1. The van der Waals surface area contributed by atoms with Crippen LogP contribution >= 0.6 is 27.3 Å². The van der Waals surface area contributed by atoms with E-state index in [1.165, 1.54) is 10.4 Å². The van der Waals surface area contributed by atoms with Crippen LogP contribution in [0.5, 0.6) is 0 Å². The number of carbonyl (C=O) groups is 1. The van der Waals surface area contributed by atoms with Crippen molar-refractivity contribution in [2.24, 2.45) is 0 Å². The maximum absolute atomic E-state index is 11.8. The molecule has 0 radical (unpaired) electrons. The van der Waals surface area contributed by atoms with E-state index in [1.807, 2.05) is 0 Å². The van der Waals surface area contributed by atoms with E-state index in [0.717, 1.165) is 29.6 Å². The number of hydrogen-bond donors (Lipinski definition) is 0. The van der Waals surface area contributed by atoms with Gasteiger partial charge in [-0.15, -0.1) is 11.3 Å². The first kappa shape index (κ1) is 12.9. The molecule has 0 bridgehead atoms. The summed E-state index contributed by atoms with van der Waals surface area (Å²) >= 11 is 5.25. The highest BCUT2D eigenvalue weighted by molar-refractivity contribution is 9.11. The van der Waals surface area contributed by atoms with E-state index in [1.54, 1.807) is 16.2 Å². The van der Waals surface area contributed by atoms with E-state index in [9.17, 15) is 4.79 Å². The molecule has 17 heavy (non-hydrogen) atoms. The fourth-order valence-electron chi connectivity index (χ4n) is 1.85. The van der Waals surface area contributed by atoms with Gasteiger partial charge in [0, 0.05) is 11.4 Å². The molecule has 94 valence electrons. The van der Waals surface area contributed by atoms with Gasteiger partial charge in [0.1, 0.15) is 0 Å². The lowest BCUT2D eigenvalue weighted by Crippen LogP contribution is -2.35. The fourth-order valence-corrected chi connectivity index (χ4v) is 3.59. The Bertz CT molecular complexity index is 405. The second-order valence-corrected chi connectivity index (χ2v) is 6.65. The van der Waals surface area contributed by atoms with Crippen LogP contribution < -0.4 is 0 Å². The number of rotatable bonds is 3. The molecule has 0 unspecified atom stereocenters. The summed E-state index contributed by atoms with van der Waals surface area (Å²) in [6.45, 7) is 4.07. The summed E-state index contributed by atoms with van der Waals surface area (Å²) in [7, 11) is 0. The maximum atomic E-state index is 11.8. The third-order valence-electron chi connectivity index (χ3n) is 2.82. The van der Waals surface area contributed by atoms with E-state index in [-0.39, 0.29) is 6.09 Å².